The third-order valence-corrected chi connectivity index (χ3v) is 4.77. The first-order chi connectivity index (χ1) is 7.52. The predicted molar refractivity (Wildman–Crippen MR) is 69.4 cm³/mol. The van der Waals surface area contributed by atoms with E-state index < -0.39 is 0 Å². The van der Waals surface area contributed by atoms with Gasteiger partial charge in [0.25, 0.3) is 0 Å². The molecule has 2 fully saturated rings. The summed E-state index contributed by atoms with van der Waals surface area (Å²) in [5.74, 6) is 0.928. The first-order valence-corrected chi connectivity index (χ1v) is 7.01. The molecule has 1 saturated heterocycles. The topological polar surface area (TPSA) is 29.3 Å². The minimum atomic E-state index is 0.420. The van der Waals surface area contributed by atoms with Gasteiger partial charge in [0, 0.05) is 18.6 Å². The Morgan fingerprint density at radius 1 is 1.31 bits per heavy atom. The van der Waals surface area contributed by atoms with Crippen molar-refractivity contribution in [3.05, 3.63) is 0 Å². The number of hydrogen-bond acceptors (Lipinski definition) is 2. The third kappa shape index (κ3) is 2.60. The van der Waals surface area contributed by atoms with Crippen molar-refractivity contribution in [1.29, 1.82) is 0 Å². The summed E-state index contributed by atoms with van der Waals surface area (Å²) < 4.78 is 0. The van der Waals surface area contributed by atoms with Crippen LogP contribution in [0.15, 0.2) is 0 Å². The van der Waals surface area contributed by atoms with Crippen LogP contribution in [-0.2, 0) is 0 Å². The van der Waals surface area contributed by atoms with Gasteiger partial charge in [-0.25, -0.2) is 0 Å². The van der Waals surface area contributed by atoms with Gasteiger partial charge in [-0.3, -0.25) is 4.90 Å². The third-order valence-electron chi connectivity index (χ3n) is 4.77. The zero-order valence-corrected chi connectivity index (χ0v) is 11.2. The second kappa shape index (κ2) is 4.66. The van der Waals surface area contributed by atoms with E-state index in [4.69, 9.17) is 5.73 Å². The molecule has 0 aromatic heterocycles. The Hall–Kier alpha value is -0.0800. The molecule has 16 heavy (non-hydrogen) atoms. The van der Waals surface area contributed by atoms with Gasteiger partial charge >= 0.3 is 0 Å². The van der Waals surface area contributed by atoms with Gasteiger partial charge in [-0.05, 0) is 43.6 Å². The first-order valence-electron chi connectivity index (χ1n) is 7.01. The molecule has 2 aliphatic rings. The Balaban J connectivity index is 1.97. The van der Waals surface area contributed by atoms with Crippen LogP contribution in [0.1, 0.15) is 52.9 Å². The standard InChI is InChI=1S/C14H28N2/c1-4-11-6-8-16(10-11)13-9-14(2,3)7-5-12(13)15/h11-13H,4-10,15H2,1-3H3. The van der Waals surface area contributed by atoms with Gasteiger partial charge in [-0.2, -0.15) is 0 Å². The second-order valence-electron chi connectivity index (χ2n) is 6.70. The highest BCUT2D eigenvalue weighted by Gasteiger charge is 2.38. The van der Waals surface area contributed by atoms with E-state index in [1.165, 1.54) is 45.2 Å². The van der Waals surface area contributed by atoms with Crippen LogP contribution >= 0.6 is 0 Å². The zero-order chi connectivity index (χ0) is 11.8. The van der Waals surface area contributed by atoms with Crippen molar-refractivity contribution < 1.29 is 0 Å². The Morgan fingerprint density at radius 2 is 2.06 bits per heavy atom. The Labute approximate surface area is 101 Å². The fraction of sp³-hybridized carbons (Fsp3) is 1.00. The molecule has 1 heterocycles. The second-order valence-corrected chi connectivity index (χ2v) is 6.70. The van der Waals surface area contributed by atoms with E-state index in [1.807, 2.05) is 0 Å². The number of rotatable bonds is 2. The van der Waals surface area contributed by atoms with Crippen LogP contribution in [-0.4, -0.2) is 30.1 Å². The van der Waals surface area contributed by atoms with E-state index in [2.05, 4.69) is 25.7 Å². The Morgan fingerprint density at radius 3 is 2.69 bits per heavy atom. The summed E-state index contributed by atoms with van der Waals surface area (Å²) in [6, 6.07) is 1.07. The molecule has 94 valence electrons. The average molecular weight is 224 g/mol. The van der Waals surface area contributed by atoms with Gasteiger partial charge in [0.15, 0.2) is 0 Å². The number of nitrogens with two attached hydrogens (primary N) is 1. The SMILES string of the molecule is CCC1CCN(C2CC(C)(C)CCC2N)C1. The maximum atomic E-state index is 6.33. The number of likely N-dealkylation sites (tertiary alicyclic amines) is 1. The smallest absolute Gasteiger partial charge is 0.0252 e. The van der Waals surface area contributed by atoms with Gasteiger partial charge < -0.3 is 5.73 Å². The van der Waals surface area contributed by atoms with E-state index in [9.17, 15) is 0 Å². The van der Waals surface area contributed by atoms with Crippen LogP contribution in [0.2, 0.25) is 0 Å². The Kier molecular flexibility index (Phi) is 3.60. The molecule has 0 amide bonds. The quantitative estimate of drug-likeness (QED) is 0.781. The summed E-state index contributed by atoms with van der Waals surface area (Å²) >= 11 is 0. The van der Waals surface area contributed by atoms with Gasteiger partial charge in [0.2, 0.25) is 0 Å². The summed E-state index contributed by atoms with van der Waals surface area (Å²) in [5.41, 5.74) is 6.83. The molecule has 0 aromatic carbocycles. The van der Waals surface area contributed by atoms with Gasteiger partial charge in [0.05, 0.1) is 0 Å². The highest BCUT2D eigenvalue weighted by Crippen LogP contribution is 2.38. The molecule has 2 heteroatoms. The van der Waals surface area contributed by atoms with Crippen molar-refractivity contribution in [3.8, 4) is 0 Å². The number of hydrogen-bond donors (Lipinski definition) is 1. The largest absolute Gasteiger partial charge is 0.326 e. The van der Waals surface area contributed by atoms with Crippen LogP contribution < -0.4 is 5.73 Å². The highest BCUT2D eigenvalue weighted by molar-refractivity contribution is 4.95. The molecule has 0 radical (unpaired) electrons. The van der Waals surface area contributed by atoms with Crippen LogP contribution in [0.4, 0.5) is 0 Å². The molecular weight excluding hydrogens is 196 g/mol. The lowest BCUT2D eigenvalue weighted by atomic mass is 9.72. The monoisotopic (exact) mass is 224 g/mol. The van der Waals surface area contributed by atoms with E-state index in [-0.39, 0.29) is 0 Å². The predicted octanol–water partition coefficient (Wildman–Crippen LogP) is 2.62. The van der Waals surface area contributed by atoms with Crippen LogP contribution in [0.25, 0.3) is 0 Å². The molecular formula is C14H28N2. The molecule has 0 bridgehead atoms. The summed E-state index contributed by atoms with van der Waals surface area (Å²) in [6.45, 7) is 9.70. The molecule has 1 aliphatic carbocycles. The maximum Gasteiger partial charge on any atom is 0.0252 e. The molecule has 2 rings (SSSR count). The molecule has 0 aromatic rings. The lowest BCUT2D eigenvalue weighted by Crippen LogP contribution is -2.52. The van der Waals surface area contributed by atoms with E-state index in [0.717, 1.165) is 5.92 Å². The first kappa shape index (κ1) is 12.4. The van der Waals surface area contributed by atoms with Crippen molar-refractivity contribution in [3.63, 3.8) is 0 Å². The van der Waals surface area contributed by atoms with E-state index >= 15 is 0 Å². The van der Waals surface area contributed by atoms with Crippen molar-refractivity contribution in [1.82, 2.24) is 4.90 Å². The summed E-state index contributed by atoms with van der Waals surface area (Å²) in [6.07, 6.45) is 6.53. The lowest BCUT2D eigenvalue weighted by Gasteiger charge is -2.43. The normalized spacial score (nSPS) is 40.1. The molecule has 2 nitrogen and oxygen atoms in total. The fourth-order valence-corrected chi connectivity index (χ4v) is 3.47. The van der Waals surface area contributed by atoms with Crippen LogP contribution in [0.3, 0.4) is 0 Å². The minimum Gasteiger partial charge on any atom is -0.326 e. The van der Waals surface area contributed by atoms with Crippen molar-refractivity contribution in [2.45, 2.75) is 65.0 Å². The van der Waals surface area contributed by atoms with Crippen LogP contribution in [0, 0.1) is 11.3 Å². The van der Waals surface area contributed by atoms with Gasteiger partial charge in [-0.1, -0.05) is 27.2 Å². The minimum absolute atomic E-state index is 0.420. The fourth-order valence-electron chi connectivity index (χ4n) is 3.47. The summed E-state index contributed by atoms with van der Waals surface area (Å²) in [4.78, 5) is 2.68. The Bertz CT molecular complexity index is 237. The zero-order valence-electron chi connectivity index (χ0n) is 11.2. The van der Waals surface area contributed by atoms with Crippen LogP contribution in [0.5, 0.6) is 0 Å². The molecule has 1 aliphatic heterocycles. The molecule has 3 unspecified atom stereocenters. The molecule has 3 atom stereocenters. The van der Waals surface area contributed by atoms with E-state index in [1.54, 1.807) is 0 Å². The van der Waals surface area contributed by atoms with Crippen molar-refractivity contribution >= 4 is 0 Å². The summed E-state index contributed by atoms with van der Waals surface area (Å²) in [5, 5.41) is 0. The molecule has 1 saturated carbocycles. The van der Waals surface area contributed by atoms with Gasteiger partial charge in [-0.15, -0.1) is 0 Å². The lowest BCUT2D eigenvalue weighted by molar-refractivity contribution is 0.0923. The average Bonchev–Trinajstić information content (AvgIpc) is 2.70. The molecule has 2 N–H and O–H groups in total. The van der Waals surface area contributed by atoms with Gasteiger partial charge in [0.1, 0.15) is 0 Å². The molecule has 0 spiro atoms. The summed E-state index contributed by atoms with van der Waals surface area (Å²) in [7, 11) is 0. The maximum absolute atomic E-state index is 6.33. The highest BCUT2D eigenvalue weighted by atomic mass is 15.2. The number of nitrogens with zero attached hydrogens (tertiary/aromatic N) is 1. The van der Waals surface area contributed by atoms with Crippen molar-refractivity contribution in [2.75, 3.05) is 13.1 Å². The van der Waals surface area contributed by atoms with E-state index in [0.29, 0.717) is 17.5 Å². The van der Waals surface area contributed by atoms with Crippen molar-refractivity contribution in [2.24, 2.45) is 17.1 Å².